The molecule has 1 aromatic heterocycles. The minimum atomic E-state index is 0.549. The predicted molar refractivity (Wildman–Crippen MR) is 82.6 cm³/mol. The zero-order chi connectivity index (χ0) is 13.1. The minimum absolute atomic E-state index is 0.549. The molecule has 0 radical (unpaired) electrons. The Morgan fingerprint density at radius 3 is 2.74 bits per heavy atom. The molecule has 0 amide bonds. The van der Waals surface area contributed by atoms with Gasteiger partial charge < -0.3 is 5.32 Å². The van der Waals surface area contributed by atoms with Gasteiger partial charge in [-0.1, -0.05) is 12.8 Å². The second-order valence-electron chi connectivity index (χ2n) is 6.51. The Morgan fingerprint density at radius 2 is 2.16 bits per heavy atom. The van der Waals surface area contributed by atoms with E-state index in [2.05, 4.69) is 34.1 Å². The number of nitrogens with one attached hydrogen (secondary N) is 1. The number of hydrogen-bond donors (Lipinski definition) is 1. The molecule has 0 bridgehead atoms. The van der Waals surface area contributed by atoms with Crippen LogP contribution in [0.3, 0.4) is 0 Å². The zero-order valence-corrected chi connectivity index (χ0v) is 12.8. The topological polar surface area (TPSA) is 15.3 Å². The van der Waals surface area contributed by atoms with Gasteiger partial charge in [-0.2, -0.15) is 11.3 Å². The zero-order valence-electron chi connectivity index (χ0n) is 12.0. The van der Waals surface area contributed by atoms with Crippen LogP contribution in [0.25, 0.3) is 0 Å². The van der Waals surface area contributed by atoms with Gasteiger partial charge in [0.15, 0.2) is 0 Å². The molecule has 2 aliphatic rings. The van der Waals surface area contributed by atoms with E-state index in [-0.39, 0.29) is 0 Å². The van der Waals surface area contributed by atoms with E-state index in [9.17, 15) is 0 Å². The van der Waals surface area contributed by atoms with E-state index in [4.69, 9.17) is 0 Å². The molecule has 0 saturated heterocycles. The van der Waals surface area contributed by atoms with Crippen LogP contribution in [0.5, 0.6) is 0 Å². The van der Waals surface area contributed by atoms with E-state index in [0.29, 0.717) is 5.41 Å². The van der Waals surface area contributed by atoms with Crippen molar-refractivity contribution >= 4 is 11.3 Å². The van der Waals surface area contributed by atoms with E-state index in [1.807, 2.05) is 11.3 Å². The van der Waals surface area contributed by atoms with Crippen LogP contribution in [0, 0.1) is 5.41 Å². The fraction of sp³-hybridized carbons (Fsp3) is 0.750. The molecule has 106 valence electrons. The summed E-state index contributed by atoms with van der Waals surface area (Å²) in [6, 6.07) is 3.16. The summed E-state index contributed by atoms with van der Waals surface area (Å²) in [5.41, 5.74) is 2.06. The molecule has 0 aliphatic heterocycles. The second-order valence-corrected chi connectivity index (χ2v) is 7.29. The summed E-state index contributed by atoms with van der Waals surface area (Å²) in [5.74, 6) is 0. The van der Waals surface area contributed by atoms with Crippen molar-refractivity contribution in [3.8, 4) is 0 Å². The standard InChI is InChI=1S/C16H26N2S/c1-17-12-16(7-2-3-8-16)13-18(15-4-5-15)10-14-6-9-19-11-14/h6,9,11,15,17H,2-5,7-8,10,12-13H2,1H3. The molecule has 1 N–H and O–H groups in total. The first-order chi connectivity index (χ1) is 9.31. The highest BCUT2D eigenvalue weighted by molar-refractivity contribution is 7.07. The van der Waals surface area contributed by atoms with E-state index < -0.39 is 0 Å². The first-order valence-electron chi connectivity index (χ1n) is 7.71. The smallest absolute Gasteiger partial charge is 0.0245 e. The molecule has 0 atom stereocenters. The van der Waals surface area contributed by atoms with Crippen LogP contribution in [0.15, 0.2) is 16.8 Å². The molecule has 2 saturated carbocycles. The average molecular weight is 278 g/mol. The van der Waals surface area contributed by atoms with Crippen molar-refractivity contribution < 1.29 is 0 Å². The highest BCUT2D eigenvalue weighted by Crippen LogP contribution is 2.41. The van der Waals surface area contributed by atoms with Crippen LogP contribution < -0.4 is 5.32 Å². The lowest BCUT2D eigenvalue weighted by molar-refractivity contribution is 0.138. The molecule has 0 unspecified atom stereocenters. The first kappa shape index (κ1) is 13.6. The number of hydrogen-bond acceptors (Lipinski definition) is 3. The molecule has 19 heavy (non-hydrogen) atoms. The summed E-state index contributed by atoms with van der Waals surface area (Å²) in [7, 11) is 2.11. The Hall–Kier alpha value is -0.380. The van der Waals surface area contributed by atoms with Gasteiger partial charge in [0.2, 0.25) is 0 Å². The molecule has 0 aromatic carbocycles. The Balaban J connectivity index is 1.66. The van der Waals surface area contributed by atoms with Crippen molar-refractivity contribution in [3.63, 3.8) is 0 Å². The lowest BCUT2D eigenvalue weighted by Gasteiger charge is -2.35. The van der Waals surface area contributed by atoms with Gasteiger partial charge in [0.1, 0.15) is 0 Å². The summed E-state index contributed by atoms with van der Waals surface area (Å²) in [6.45, 7) is 3.66. The van der Waals surface area contributed by atoms with E-state index in [1.165, 1.54) is 63.7 Å². The van der Waals surface area contributed by atoms with Gasteiger partial charge in [0, 0.05) is 25.7 Å². The fourth-order valence-electron chi connectivity index (χ4n) is 3.69. The maximum atomic E-state index is 3.45. The molecular formula is C16H26N2S. The molecule has 2 nitrogen and oxygen atoms in total. The van der Waals surface area contributed by atoms with E-state index in [0.717, 1.165) is 6.04 Å². The molecule has 3 heteroatoms. The Bertz CT molecular complexity index is 377. The van der Waals surface area contributed by atoms with Gasteiger partial charge in [-0.05, 0) is 60.5 Å². The van der Waals surface area contributed by atoms with E-state index in [1.54, 1.807) is 0 Å². The summed E-state index contributed by atoms with van der Waals surface area (Å²) < 4.78 is 0. The highest BCUT2D eigenvalue weighted by atomic mass is 32.1. The maximum absolute atomic E-state index is 3.45. The van der Waals surface area contributed by atoms with Crippen LogP contribution in [0.4, 0.5) is 0 Å². The van der Waals surface area contributed by atoms with Gasteiger partial charge in [0.05, 0.1) is 0 Å². The normalized spacial score (nSPS) is 22.2. The largest absolute Gasteiger partial charge is 0.319 e. The fourth-order valence-corrected chi connectivity index (χ4v) is 4.35. The van der Waals surface area contributed by atoms with Crippen molar-refractivity contribution in [3.05, 3.63) is 22.4 Å². The summed E-state index contributed by atoms with van der Waals surface area (Å²) in [4.78, 5) is 2.77. The summed E-state index contributed by atoms with van der Waals surface area (Å²) in [6.07, 6.45) is 8.53. The van der Waals surface area contributed by atoms with Crippen LogP contribution >= 0.6 is 11.3 Å². The van der Waals surface area contributed by atoms with Gasteiger partial charge in [-0.3, -0.25) is 4.90 Å². The van der Waals surface area contributed by atoms with Gasteiger partial charge in [-0.15, -0.1) is 0 Å². The van der Waals surface area contributed by atoms with Gasteiger partial charge in [-0.25, -0.2) is 0 Å². The molecule has 2 fully saturated rings. The highest BCUT2D eigenvalue weighted by Gasteiger charge is 2.39. The van der Waals surface area contributed by atoms with Crippen LogP contribution in [-0.4, -0.2) is 31.1 Å². The maximum Gasteiger partial charge on any atom is 0.0245 e. The minimum Gasteiger partial charge on any atom is -0.319 e. The molecular weight excluding hydrogens is 252 g/mol. The third-order valence-corrected chi connectivity index (χ3v) is 5.52. The third-order valence-electron chi connectivity index (χ3n) is 4.78. The molecule has 1 aromatic rings. The number of thiophene rings is 1. The van der Waals surface area contributed by atoms with E-state index >= 15 is 0 Å². The van der Waals surface area contributed by atoms with Crippen molar-refractivity contribution in [1.29, 1.82) is 0 Å². The Kier molecular flexibility index (Phi) is 4.25. The van der Waals surface area contributed by atoms with Crippen LogP contribution in [0.1, 0.15) is 44.1 Å². The second kappa shape index (κ2) is 5.94. The summed E-state index contributed by atoms with van der Waals surface area (Å²) >= 11 is 1.83. The number of rotatable bonds is 7. The Labute approximate surface area is 121 Å². The van der Waals surface area contributed by atoms with Crippen LogP contribution in [0.2, 0.25) is 0 Å². The molecule has 2 aliphatic carbocycles. The van der Waals surface area contributed by atoms with Crippen molar-refractivity contribution in [2.45, 2.75) is 51.1 Å². The molecule has 0 spiro atoms. The number of nitrogens with zero attached hydrogens (tertiary/aromatic N) is 1. The lowest BCUT2D eigenvalue weighted by atomic mass is 9.85. The van der Waals surface area contributed by atoms with Crippen molar-refractivity contribution in [1.82, 2.24) is 10.2 Å². The summed E-state index contributed by atoms with van der Waals surface area (Å²) in [5, 5.41) is 7.97. The third kappa shape index (κ3) is 3.39. The van der Waals surface area contributed by atoms with Crippen molar-refractivity contribution in [2.24, 2.45) is 5.41 Å². The Morgan fingerprint density at radius 1 is 1.37 bits per heavy atom. The SMILES string of the molecule is CNCC1(CN(Cc2ccsc2)C2CC2)CCCC1. The van der Waals surface area contributed by atoms with Crippen molar-refractivity contribution in [2.75, 3.05) is 20.1 Å². The monoisotopic (exact) mass is 278 g/mol. The van der Waals surface area contributed by atoms with Gasteiger partial charge in [0.25, 0.3) is 0 Å². The quantitative estimate of drug-likeness (QED) is 0.821. The predicted octanol–water partition coefficient (Wildman–Crippen LogP) is 3.49. The average Bonchev–Trinajstić information content (AvgIpc) is 2.94. The molecule has 3 rings (SSSR count). The lowest BCUT2D eigenvalue weighted by Crippen LogP contribution is -2.42. The molecule has 1 heterocycles. The first-order valence-corrected chi connectivity index (χ1v) is 8.65. The van der Waals surface area contributed by atoms with Gasteiger partial charge >= 0.3 is 0 Å². The van der Waals surface area contributed by atoms with Crippen LogP contribution in [-0.2, 0) is 6.54 Å².